The number of carbonyl (C=O) groups excluding carboxylic acids is 1. The lowest BCUT2D eigenvalue weighted by atomic mass is 10.1. The summed E-state index contributed by atoms with van der Waals surface area (Å²) in [5, 5.41) is 0.149. The first-order valence-corrected chi connectivity index (χ1v) is 11.4. The summed E-state index contributed by atoms with van der Waals surface area (Å²) in [5.74, 6) is -0.626. The van der Waals surface area contributed by atoms with Gasteiger partial charge in [-0.05, 0) is 24.1 Å². The fourth-order valence-corrected chi connectivity index (χ4v) is 7.28. The largest absolute Gasteiger partial charge is 0.313 e. The molecule has 0 radical (unpaired) electrons. The van der Waals surface area contributed by atoms with Gasteiger partial charge in [0, 0.05) is 16.1 Å². The molecule has 0 bridgehead atoms. The van der Waals surface area contributed by atoms with E-state index < -0.39 is 21.7 Å². The van der Waals surface area contributed by atoms with E-state index in [9.17, 15) is 17.6 Å². The molecule has 0 aliphatic carbocycles. The average molecular weight is 449 g/mol. The van der Waals surface area contributed by atoms with Gasteiger partial charge >= 0.3 is 0 Å². The molecular weight excluding hydrogens is 431 g/mol. The van der Waals surface area contributed by atoms with Gasteiger partial charge in [-0.3, -0.25) is 4.79 Å². The van der Waals surface area contributed by atoms with Crippen molar-refractivity contribution in [2.24, 2.45) is 10.9 Å². The van der Waals surface area contributed by atoms with Gasteiger partial charge in [-0.15, -0.1) is 0 Å². The minimum atomic E-state index is -3.17. The Kier molecular flexibility index (Phi) is 5.28. The zero-order valence-corrected chi connectivity index (χ0v) is 17.0. The Morgan fingerprint density at radius 2 is 2.16 bits per heavy atom. The van der Waals surface area contributed by atoms with Crippen molar-refractivity contribution in [2.45, 2.75) is 31.6 Å². The number of anilines is 1. The Morgan fingerprint density at radius 3 is 2.80 bits per heavy atom. The van der Waals surface area contributed by atoms with Gasteiger partial charge < -0.3 is 4.90 Å². The maximum absolute atomic E-state index is 14.5. The van der Waals surface area contributed by atoms with Crippen LogP contribution in [0.25, 0.3) is 0 Å². The van der Waals surface area contributed by atoms with E-state index in [1.165, 1.54) is 17.8 Å². The molecule has 0 saturated carbocycles. The van der Waals surface area contributed by atoms with Crippen molar-refractivity contribution in [3.05, 3.63) is 28.5 Å². The number of aliphatic imine (C=N–C) groups is 1. The number of amides is 1. The summed E-state index contributed by atoms with van der Waals surface area (Å²) in [4.78, 5) is 17.9. The van der Waals surface area contributed by atoms with Crippen LogP contribution in [0.2, 0.25) is 0 Å². The van der Waals surface area contributed by atoms with Crippen LogP contribution in [-0.2, 0) is 14.6 Å². The molecule has 5 nitrogen and oxygen atoms in total. The van der Waals surface area contributed by atoms with Crippen molar-refractivity contribution in [3.63, 3.8) is 0 Å². The number of hydrogen-bond acceptors (Lipinski definition) is 4. The van der Waals surface area contributed by atoms with Crippen molar-refractivity contribution in [1.82, 2.24) is 0 Å². The molecule has 2 atom stereocenters. The van der Waals surface area contributed by atoms with Crippen molar-refractivity contribution < 1.29 is 17.6 Å². The topological polar surface area (TPSA) is 66.8 Å². The first-order chi connectivity index (χ1) is 11.7. The van der Waals surface area contributed by atoms with Crippen LogP contribution in [0, 0.1) is 11.7 Å². The van der Waals surface area contributed by atoms with E-state index in [0.29, 0.717) is 16.1 Å². The lowest BCUT2D eigenvalue weighted by molar-refractivity contribution is -0.118. The summed E-state index contributed by atoms with van der Waals surface area (Å²) in [6, 6.07) is 4.18. The fourth-order valence-electron chi connectivity index (χ4n) is 3.02. The van der Waals surface area contributed by atoms with Crippen LogP contribution in [0.1, 0.15) is 20.3 Å². The molecule has 0 N–H and O–H groups in total. The highest BCUT2D eigenvalue weighted by atomic mass is 79.9. The van der Waals surface area contributed by atoms with Crippen molar-refractivity contribution >= 4 is 54.3 Å². The number of fused-ring (bicyclic) bond motifs is 1. The van der Waals surface area contributed by atoms with Crippen molar-refractivity contribution in [2.75, 3.05) is 16.4 Å². The van der Waals surface area contributed by atoms with Gasteiger partial charge in [0.2, 0.25) is 5.91 Å². The fraction of sp³-hybridized carbons (Fsp3) is 0.500. The van der Waals surface area contributed by atoms with Crippen LogP contribution >= 0.6 is 27.7 Å². The third kappa shape index (κ3) is 4.09. The second kappa shape index (κ2) is 7.00. The standard InChI is InChI=1S/C16H18BrFN2O3S2/c1-9(2)5-15(21)19-16-20(12-4-3-10(17)6-11(12)18)13-7-25(22,23)8-14(13)24-16/h3-4,6,9,13-14H,5,7-8H2,1-2H3/t13-,14-/m0/s1. The highest BCUT2D eigenvalue weighted by molar-refractivity contribution is 9.10. The molecule has 0 unspecified atom stereocenters. The maximum Gasteiger partial charge on any atom is 0.248 e. The number of benzene rings is 1. The summed E-state index contributed by atoms with van der Waals surface area (Å²) in [6.07, 6.45) is 0.300. The quantitative estimate of drug-likeness (QED) is 0.709. The van der Waals surface area contributed by atoms with Crippen molar-refractivity contribution in [3.8, 4) is 0 Å². The SMILES string of the molecule is CC(C)CC(=O)N=C1S[C@H]2CS(=O)(=O)C[C@@H]2N1c1ccc(Br)cc1F. The molecule has 2 heterocycles. The Labute approximate surface area is 159 Å². The van der Waals surface area contributed by atoms with Crippen LogP contribution < -0.4 is 4.90 Å². The van der Waals surface area contributed by atoms with E-state index in [4.69, 9.17) is 0 Å². The summed E-state index contributed by atoms with van der Waals surface area (Å²) in [5.41, 5.74) is 0.247. The number of halogens is 2. The van der Waals surface area contributed by atoms with Gasteiger partial charge in [-0.2, -0.15) is 4.99 Å². The average Bonchev–Trinajstić information content (AvgIpc) is 2.90. The van der Waals surface area contributed by atoms with Gasteiger partial charge in [-0.1, -0.05) is 41.5 Å². The second-order valence-electron chi connectivity index (χ2n) is 6.65. The molecule has 0 aromatic heterocycles. The van der Waals surface area contributed by atoms with Crippen LogP contribution in [0.15, 0.2) is 27.7 Å². The Bertz CT molecular complexity index is 842. The highest BCUT2D eigenvalue weighted by Gasteiger charge is 2.49. The molecule has 1 aromatic rings. The summed E-state index contributed by atoms with van der Waals surface area (Å²) in [7, 11) is -3.17. The molecule has 9 heteroatoms. The summed E-state index contributed by atoms with van der Waals surface area (Å²) >= 11 is 4.47. The van der Waals surface area contributed by atoms with Crippen LogP contribution in [0.5, 0.6) is 0 Å². The number of sulfone groups is 1. The van der Waals surface area contributed by atoms with Gasteiger partial charge in [0.1, 0.15) is 5.82 Å². The molecule has 2 saturated heterocycles. The number of nitrogens with zero attached hydrogens (tertiary/aromatic N) is 2. The predicted molar refractivity (Wildman–Crippen MR) is 102 cm³/mol. The molecule has 25 heavy (non-hydrogen) atoms. The van der Waals surface area contributed by atoms with E-state index in [-0.39, 0.29) is 34.3 Å². The molecule has 1 amide bonds. The molecule has 0 spiro atoms. The third-order valence-electron chi connectivity index (χ3n) is 4.04. The number of amidine groups is 1. The second-order valence-corrected chi connectivity index (χ2v) is 10.9. The van der Waals surface area contributed by atoms with Crippen molar-refractivity contribution in [1.29, 1.82) is 0 Å². The van der Waals surface area contributed by atoms with E-state index in [0.717, 1.165) is 0 Å². The Balaban J connectivity index is 2.01. The van der Waals surface area contributed by atoms with Gasteiger partial charge in [0.05, 0.1) is 23.2 Å². The normalized spacial score (nSPS) is 26.4. The van der Waals surface area contributed by atoms with Crippen LogP contribution in [0.3, 0.4) is 0 Å². The molecule has 3 rings (SSSR count). The minimum Gasteiger partial charge on any atom is -0.313 e. The lowest BCUT2D eigenvalue weighted by Gasteiger charge is -2.25. The first-order valence-electron chi connectivity index (χ1n) is 7.89. The molecule has 2 fully saturated rings. The number of hydrogen-bond donors (Lipinski definition) is 0. The molecule has 1 aromatic carbocycles. The van der Waals surface area contributed by atoms with Crippen LogP contribution in [0.4, 0.5) is 10.1 Å². The smallest absolute Gasteiger partial charge is 0.248 e. The lowest BCUT2D eigenvalue weighted by Crippen LogP contribution is -2.38. The molecular formula is C16H18BrFN2O3S2. The van der Waals surface area contributed by atoms with Gasteiger partial charge in [0.25, 0.3) is 0 Å². The molecule has 2 aliphatic heterocycles. The number of rotatable bonds is 3. The Hall–Kier alpha value is -0.930. The summed E-state index contributed by atoms with van der Waals surface area (Å²) in [6.45, 7) is 3.85. The molecule has 2 aliphatic rings. The van der Waals surface area contributed by atoms with E-state index in [1.54, 1.807) is 17.0 Å². The molecule has 136 valence electrons. The maximum atomic E-state index is 14.5. The van der Waals surface area contributed by atoms with Crippen LogP contribution in [-0.4, -0.2) is 42.3 Å². The monoisotopic (exact) mass is 448 g/mol. The van der Waals surface area contributed by atoms with E-state index >= 15 is 0 Å². The van der Waals surface area contributed by atoms with E-state index in [1.807, 2.05) is 13.8 Å². The third-order valence-corrected chi connectivity index (χ3v) is 7.74. The number of thioether (sulfide) groups is 1. The zero-order chi connectivity index (χ0) is 18.4. The number of carbonyl (C=O) groups is 1. The van der Waals surface area contributed by atoms with Gasteiger partial charge in [0.15, 0.2) is 15.0 Å². The summed E-state index contributed by atoms with van der Waals surface area (Å²) < 4.78 is 39.1. The predicted octanol–water partition coefficient (Wildman–Crippen LogP) is 3.24. The van der Waals surface area contributed by atoms with E-state index in [2.05, 4.69) is 20.9 Å². The van der Waals surface area contributed by atoms with Gasteiger partial charge in [-0.25, -0.2) is 12.8 Å². The first kappa shape index (κ1) is 18.8. The highest BCUT2D eigenvalue weighted by Crippen LogP contribution is 2.42. The minimum absolute atomic E-state index is 0.0222. The zero-order valence-electron chi connectivity index (χ0n) is 13.8. The Morgan fingerprint density at radius 1 is 1.44 bits per heavy atom.